The standard InChI is InChI=1S/C16H24N2/c17-9-8-14-6-7-15(12-16(14)13-4-5-13)18-10-2-1-3-11-18/h6-7,12-13H,1-5,8-11,17H2. The molecule has 2 aliphatic rings. The summed E-state index contributed by atoms with van der Waals surface area (Å²) in [4.78, 5) is 2.56. The van der Waals surface area contributed by atoms with Crippen molar-refractivity contribution in [2.45, 2.75) is 44.4 Å². The van der Waals surface area contributed by atoms with E-state index in [0.717, 1.165) is 18.9 Å². The fourth-order valence-corrected chi connectivity index (χ4v) is 3.09. The van der Waals surface area contributed by atoms with Gasteiger partial charge >= 0.3 is 0 Å². The number of hydrogen-bond acceptors (Lipinski definition) is 2. The topological polar surface area (TPSA) is 29.3 Å². The van der Waals surface area contributed by atoms with Crippen molar-refractivity contribution in [3.63, 3.8) is 0 Å². The molecule has 0 unspecified atom stereocenters. The van der Waals surface area contributed by atoms with Gasteiger partial charge in [0.15, 0.2) is 0 Å². The van der Waals surface area contributed by atoms with Crippen molar-refractivity contribution in [1.82, 2.24) is 0 Å². The molecule has 0 amide bonds. The molecule has 2 N–H and O–H groups in total. The molecule has 1 aliphatic heterocycles. The first-order valence-corrected chi connectivity index (χ1v) is 7.46. The van der Waals surface area contributed by atoms with Crippen molar-refractivity contribution in [3.8, 4) is 0 Å². The van der Waals surface area contributed by atoms with Crippen LogP contribution in [-0.2, 0) is 6.42 Å². The summed E-state index contributed by atoms with van der Waals surface area (Å²) in [6.45, 7) is 3.24. The molecule has 2 fully saturated rings. The highest BCUT2D eigenvalue weighted by molar-refractivity contribution is 5.53. The maximum absolute atomic E-state index is 5.72. The molecule has 0 bridgehead atoms. The second-order valence-corrected chi connectivity index (χ2v) is 5.74. The van der Waals surface area contributed by atoms with E-state index in [4.69, 9.17) is 5.73 Å². The highest BCUT2D eigenvalue weighted by Gasteiger charge is 2.26. The van der Waals surface area contributed by atoms with Crippen molar-refractivity contribution in [2.24, 2.45) is 5.73 Å². The Labute approximate surface area is 110 Å². The third-order valence-electron chi connectivity index (χ3n) is 4.28. The number of anilines is 1. The molecule has 1 aromatic carbocycles. The summed E-state index contributed by atoms with van der Waals surface area (Å²) in [6.07, 6.45) is 7.89. The van der Waals surface area contributed by atoms with Crippen LogP contribution in [0.2, 0.25) is 0 Å². The summed E-state index contributed by atoms with van der Waals surface area (Å²) < 4.78 is 0. The lowest BCUT2D eigenvalue weighted by Gasteiger charge is -2.29. The van der Waals surface area contributed by atoms with Crippen LogP contribution in [0.3, 0.4) is 0 Å². The van der Waals surface area contributed by atoms with Crippen molar-refractivity contribution in [1.29, 1.82) is 0 Å². The van der Waals surface area contributed by atoms with Crippen LogP contribution >= 0.6 is 0 Å². The Morgan fingerprint density at radius 2 is 1.89 bits per heavy atom. The van der Waals surface area contributed by atoms with Crippen molar-refractivity contribution < 1.29 is 0 Å². The van der Waals surface area contributed by atoms with Crippen LogP contribution in [0.25, 0.3) is 0 Å². The lowest BCUT2D eigenvalue weighted by Crippen LogP contribution is -2.29. The predicted molar refractivity (Wildman–Crippen MR) is 77.2 cm³/mol. The Balaban J connectivity index is 1.84. The molecule has 0 atom stereocenters. The molecule has 18 heavy (non-hydrogen) atoms. The van der Waals surface area contributed by atoms with E-state index in [0.29, 0.717) is 0 Å². The monoisotopic (exact) mass is 244 g/mol. The van der Waals surface area contributed by atoms with Gasteiger partial charge in [0.2, 0.25) is 0 Å². The van der Waals surface area contributed by atoms with Gasteiger partial charge in [-0.1, -0.05) is 6.07 Å². The molecule has 98 valence electrons. The molecule has 1 aliphatic carbocycles. The molecule has 0 aromatic heterocycles. The maximum Gasteiger partial charge on any atom is 0.0369 e. The van der Waals surface area contributed by atoms with Gasteiger partial charge in [0.1, 0.15) is 0 Å². The molecule has 0 spiro atoms. The minimum atomic E-state index is 0.767. The van der Waals surface area contributed by atoms with Gasteiger partial charge in [0, 0.05) is 18.8 Å². The summed E-state index contributed by atoms with van der Waals surface area (Å²) in [5.74, 6) is 0.830. The number of nitrogens with two attached hydrogens (primary N) is 1. The van der Waals surface area contributed by atoms with Gasteiger partial charge in [-0.2, -0.15) is 0 Å². The van der Waals surface area contributed by atoms with E-state index in [1.807, 2.05) is 0 Å². The van der Waals surface area contributed by atoms with Crippen LogP contribution in [0, 0.1) is 0 Å². The van der Waals surface area contributed by atoms with E-state index >= 15 is 0 Å². The molecule has 2 heteroatoms. The zero-order valence-corrected chi connectivity index (χ0v) is 11.2. The molecule has 1 heterocycles. The predicted octanol–water partition coefficient (Wildman–Crippen LogP) is 3.06. The lowest BCUT2D eigenvalue weighted by molar-refractivity contribution is 0.577. The van der Waals surface area contributed by atoms with Crippen molar-refractivity contribution in [2.75, 3.05) is 24.5 Å². The van der Waals surface area contributed by atoms with Gasteiger partial charge in [0.05, 0.1) is 0 Å². The molecule has 3 rings (SSSR count). The number of rotatable bonds is 4. The normalized spacial score (nSPS) is 20.2. The number of benzene rings is 1. The maximum atomic E-state index is 5.72. The van der Waals surface area contributed by atoms with Gasteiger partial charge in [-0.05, 0) is 74.2 Å². The third kappa shape index (κ3) is 2.54. The van der Waals surface area contributed by atoms with E-state index in [1.165, 1.54) is 56.4 Å². The third-order valence-corrected chi connectivity index (χ3v) is 4.28. The summed E-state index contributed by atoms with van der Waals surface area (Å²) in [5, 5.41) is 0. The molecule has 1 aromatic rings. The first-order valence-electron chi connectivity index (χ1n) is 7.46. The minimum Gasteiger partial charge on any atom is -0.372 e. The van der Waals surface area contributed by atoms with Gasteiger partial charge in [0.25, 0.3) is 0 Å². The smallest absolute Gasteiger partial charge is 0.0369 e. The van der Waals surface area contributed by atoms with Crippen LogP contribution < -0.4 is 10.6 Å². The summed E-state index contributed by atoms with van der Waals surface area (Å²) >= 11 is 0. The first-order chi connectivity index (χ1) is 8.88. The highest BCUT2D eigenvalue weighted by atomic mass is 15.1. The zero-order chi connectivity index (χ0) is 12.4. The van der Waals surface area contributed by atoms with Crippen LogP contribution in [0.4, 0.5) is 5.69 Å². The van der Waals surface area contributed by atoms with E-state index in [-0.39, 0.29) is 0 Å². The number of hydrogen-bond donors (Lipinski definition) is 1. The molecule has 1 saturated carbocycles. The second-order valence-electron chi connectivity index (χ2n) is 5.74. The van der Waals surface area contributed by atoms with Crippen LogP contribution in [0.5, 0.6) is 0 Å². The number of nitrogens with zero attached hydrogens (tertiary/aromatic N) is 1. The van der Waals surface area contributed by atoms with Crippen molar-refractivity contribution in [3.05, 3.63) is 29.3 Å². The fourth-order valence-electron chi connectivity index (χ4n) is 3.09. The zero-order valence-electron chi connectivity index (χ0n) is 11.2. The average Bonchev–Trinajstić information content (AvgIpc) is 3.25. The quantitative estimate of drug-likeness (QED) is 0.882. The number of piperidine rings is 1. The van der Waals surface area contributed by atoms with Gasteiger partial charge in [-0.15, -0.1) is 0 Å². The highest BCUT2D eigenvalue weighted by Crippen LogP contribution is 2.43. The van der Waals surface area contributed by atoms with Crippen LogP contribution in [0.15, 0.2) is 18.2 Å². The Morgan fingerprint density at radius 1 is 1.11 bits per heavy atom. The SMILES string of the molecule is NCCc1ccc(N2CCCCC2)cc1C1CC1. The van der Waals surface area contributed by atoms with E-state index in [2.05, 4.69) is 23.1 Å². The van der Waals surface area contributed by atoms with Gasteiger partial charge in [-0.3, -0.25) is 0 Å². The lowest BCUT2D eigenvalue weighted by atomic mass is 9.99. The van der Waals surface area contributed by atoms with Gasteiger partial charge in [-0.25, -0.2) is 0 Å². The molecule has 1 saturated heterocycles. The second kappa shape index (κ2) is 5.31. The van der Waals surface area contributed by atoms with E-state index in [9.17, 15) is 0 Å². The Hall–Kier alpha value is -1.02. The average molecular weight is 244 g/mol. The van der Waals surface area contributed by atoms with Crippen LogP contribution in [-0.4, -0.2) is 19.6 Å². The Kier molecular flexibility index (Phi) is 3.55. The fraction of sp³-hybridized carbons (Fsp3) is 0.625. The largest absolute Gasteiger partial charge is 0.372 e. The molecular formula is C16H24N2. The van der Waals surface area contributed by atoms with E-state index < -0.39 is 0 Å². The Morgan fingerprint density at radius 3 is 2.56 bits per heavy atom. The van der Waals surface area contributed by atoms with E-state index in [1.54, 1.807) is 5.56 Å². The Bertz CT molecular complexity index is 404. The minimum absolute atomic E-state index is 0.767. The molecule has 2 nitrogen and oxygen atoms in total. The summed E-state index contributed by atoms with van der Waals surface area (Å²) in [6, 6.07) is 7.08. The first kappa shape index (κ1) is 12.0. The summed E-state index contributed by atoms with van der Waals surface area (Å²) in [7, 11) is 0. The summed E-state index contributed by atoms with van der Waals surface area (Å²) in [5.41, 5.74) is 10.2. The molecule has 0 radical (unpaired) electrons. The van der Waals surface area contributed by atoms with Crippen LogP contribution in [0.1, 0.15) is 49.1 Å². The molecular weight excluding hydrogens is 220 g/mol. The van der Waals surface area contributed by atoms with Crippen molar-refractivity contribution >= 4 is 5.69 Å². The van der Waals surface area contributed by atoms with Gasteiger partial charge < -0.3 is 10.6 Å².